The zero-order valence-corrected chi connectivity index (χ0v) is 20.8. The Hall–Kier alpha value is -2.21. The second-order valence-electron chi connectivity index (χ2n) is 7.30. The maximum absolute atomic E-state index is 12.6. The first-order valence-electron chi connectivity index (χ1n) is 9.96. The van der Waals surface area contributed by atoms with Gasteiger partial charge in [0.15, 0.2) is 11.5 Å². The number of fused-ring (bicyclic) bond motifs is 1. The van der Waals surface area contributed by atoms with Crippen molar-refractivity contribution in [2.75, 3.05) is 19.0 Å². The molecule has 31 heavy (non-hydrogen) atoms. The van der Waals surface area contributed by atoms with Crippen LogP contribution < -0.4 is 14.8 Å². The molecular formula is C23H23BrN2O3S2. The van der Waals surface area contributed by atoms with Crippen molar-refractivity contribution in [1.82, 2.24) is 0 Å². The molecule has 0 radical (unpaired) electrons. The second-order valence-corrected chi connectivity index (χ2v) is 9.84. The normalized spacial score (nSPS) is 15.3. The molecule has 0 saturated heterocycles. The van der Waals surface area contributed by atoms with Gasteiger partial charge in [0.2, 0.25) is 5.91 Å². The first kappa shape index (κ1) is 23.5. The van der Waals surface area contributed by atoms with Crippen molar-refractivity contribution in [3.05, 3.63) is 48.8 Å². The van der Waals surface area contributed by atoms with E-state index in [-0.39, 0.29) is 5.91 Å². The van der Waals surface area contributed by atoms with Gasteiger partial charge < -0.3 is 14.8 Å². The topological polar surface area (TPSA) is 71.3 Å². The summed E-state index contributed by atoms with van der Waals surface area (Å²) in [6.07, 6.45) is 5.84. The first-order valence-corrected chi connectivity index (χ1v) is 12.0. The van der Waals surface area contributed by atoms with Crippen LogP contribution >= 0.6 is 39.5 Å². The standard InChI is InChI=1S/C23H23BrN2O3S2/c1-4-29-21-18(24)10-14(11-19(21)28-3)6-8-20(27)26-22-17(12-25)15-7-5-13(2)9-16(15)23(30)31-22/h6,8,10-11,13H,4-5,7,9H2,1-3H3,(H,26,27)/b8-6+. The van der Waals surface area contributed by atoms with Gasteiger partial charge in [-0.2, -0.15) is 5.26 Å². The lowest BCUT2D eigenvalue weighted by Crippen LogP contribution is -2.15. The zero-order valence-electron chi connectivity index (χ0n) is 17.6. The van der Waals surface area contributed by atoms with E-state index in [0.29, 0.717) is 34.6 Å². The molecule has 162 valence electrons. The quantitative estimate of drug-likeness (QED) is 0.359. The molecule has 1 aliphatic rings. The SMILES string of the molecule is CCOc1c(Br)cc(/C=C/C(=O)Nc2sc(=S)c3c(c2C#N)CCC(C)C3)cc1OC. The van der Waals surface area contributed by atoms with Crippen molar-refractivity contribution in [3.63, 3.8) is 0 Å². The molecule has 0 aliphatic heterocycles. The van der Waals surface area contributed by atoms with Crippen LogP contribution in [0, 0.1) is 21.1 Å². The number of benzene rings is 1. The molecule has 0 saturated carbocycles. The van der Waals surface area contributed by atoms with E-state index in [1.165, 1.54) is 17.4 Å². The van der Waals surface area contributed by atoms with E-state index in [1.807, 2.05) is 13.0 Å². The van der Waals surface area contributed by atoms with Gasteiger partial charge in [0.1, 0.15) is 11.1 Å². The van der Waals surface area contributed by atoms with Crippen molar-refractivity contribution in [2.24, 2.45) is 5.92 Å². The van der Waals surface area contributed by atoms with Crippen LogP contribution in [0.3, 0.4) is 0 Å². The molecule has 8 heteroatoms. The number of rotatable bonds is 6. The summed E-state index contributed by atoms with van der Waals surface area (Å²) < 4.78 is 12.5. The summed E-state index contributed by atoms with van der Waals surface area (Å²) in [5, 5.41) is 13.1. The summed E-state index contributed by atoms with van der Waals surface area (Å²) >= 11 is 10.3. The van der Waals surface area contributed by atoms with E-state index < -0.39 is 0 Å². The average Bonchev–Trinajstić information content (AvgIpc) is 2.74. The van der Waals surface area contributed by atoms with Gasteiger partial charge in [-0.05, 0) is 82.9 Å². The Kier molecular flexibility index (Phi) is 7.87. The number of nitrogens with one attached hydrogen (secondary N) is 1. The van der Waals surface area contributed by atoms with E-state index in [2.05, 4.69) is 34.2 Å². The highest BCUT2D eigenvalue weighted by molar-refractivity contribution is 9.10. The molecule has 0 fully saturated rings. The summed E-state index contributed by atoms with van der Waals surface area (Å²) in [6.45, 7) is 4.61. The first-order chi connectivity index (χ1) is 14.9. The number of ether oxygens (including phenoxy) is 2. The highest BCUT2D eigenvalue weighted by Gasteiger charge is 2.23. The highest BCUT2D eigenvalue weighted by atomic mass is 79.9. The monoisotopic (exact) mass is 518 g/mol. The van der Waals surface area contributed by atoms with Crippen LogP contribution in [0.1, 0.15) is 42.5 Å². The van der Waals surface area contributed by atoms with Crippen molar-refractivity contribution in [3.8, 4) is 17.6 Å². The lowest BCUT2D eigenvalue weighted by Gasteiger charge is -2.23. The maximum Gasteiger partial charge on any atom is 0.249 e. The van der Waals surface area contributed by atoms with Gasteiger partial charge in [0.05, 0.1) is 27.6 Å². The molecule has 5 nitrogen and oxygen atoms in total. The van der Waals surface area contributed by atoms with Crippen LogP contribution in [0.15, 0.2) is 22.7 Å². The number of methoxy groups -OCH3 is 1. The minimum Gasteiger partial charge on any atom is -0.493 e. The number of nitriles is 1. The number of nitrogens with zero attached hydrogens (tertiary/aromatic N) is 1. The molecule has 1 aliphatic carbocycles. The lowest BCUT2D eigenvalue weighted by atomic mass is 9.85. The average molecular weight is 519 g/mol. The molecule has 0 bridgehead atoms. The molecule has 0 spiro atoms. The van der Waals surface area contributed by atoms with Crippen molar-refractivity contribution in [1.29, 1.82) is 5.26 Å². The molecule has 1 heterocycles. The Labute approximate surface area is 199 Å². The summed E-state index contributed by atoms with van der Waals surface area (Å²) in [5.74, 6) is 1.43. The number of amides is 1. The number of hydrogen-bond acceptors (Lipinski definition) is 6. The molecule has 2 aromatic rings. The largest absolute Gasteiger partial charge is 0.493 e. The minimum absolute atomic E-state index is 0.324. The van der Waals surface area contributed by atoms with Crippen LogP contribution in [0.2, 0.25) is 0 Å². The number of carbonyl (C=O) groups is 1. The van der Waals surface area contributed by atoms with Crippen LogP contribution in [-0.4, -0.2) is 19.6 Å². The molecule has 3 rings (SSSR count). The molecule has 1 N–H and O–H groups in total. The summed E-state index contributed by atoms with van der Waals surface area (Å²) in [4.78, 5) is 12.6. The van der Waals surface area contributed by atoms with E-state index in [4.69, 9.17) is 21.7 Å². The Balaban J connectivity index is 1.84. The lowest BCUT2D eigenvalue weighted by molar-refractivity contribution is -0.111. The van der Waals surface area contributed by atoms with Gasteiger partial charge in [0.25, 0.3) is 0 Å². The molecule has 1 aromatic carbocycles. The Morgan fingerprint density at radius 2 is 2.23 bits per heavy atom. The van der Waals surface area contributed by atoms with Gasteiger partial charge >= 0.3 is 0 Å². The molecule has 1 atom stereocenters. The fraction of sp³-hybridized carbons (Fsp3) is 0.348. The van der Waals surface area contributed by atoms with E-state index in [9.17, 15) is 10.1 Å². The summed E-state index contributed by atoms with van der Waals surface area (Å²) in [6, 6.07) is 5.92. The van der Waals surface area contributed by atoms with Crippen LogP contribution in [0.5, 0.6) is 11.5 Å². The molecule has 1 unspecified atom stereocenters. The highest BCUT2D eigenvalue weighted by Crippen LogP contribution is 2.38. The van der Waals surface area contributed by atoms with Crippen molar-refractivity contribution < 1.29 is 14.3 Å². The number of anilines is 1. The fourth-order valence-corrected chi connectivity index (χ4v) is 5.56. The third-order valence-corrected chi connectivity index (χ3v) is 7.12. The minimum atomic E-state index is -0.324. The van der Waals surface area contributed by atoms with E-state index in [1.54, 1.807) is 19.3 Å². The van der Waals surface area contributed by atoms with E-state index in [0.717, 1.165) is 44.2 Å². The van der Waals surface area contributed by atoms with Crippen LogP contribution in [0.25, 0.3) is 6.08 Å². The number of carbonyl (C=O) groups excluding carboxylic acids is 1. The van der Waals surface area contributed by atoms with Gasteiger partial charge in [0, 0.05) is 6.08 Å². The smallest absolute Gasteiger partial charge is 0.249 e. The third-order valence-electron chi connectivity index (χ3n) is 5.09. The predicted molar refractivity (Wildman–Crippen MR) is 131 cm³/mol. The molecule has 1 aromatic heterocycles. The number of halogens is 1. The maximum atomic E-state index is 12.6. The van der Waals surface area contributed by atoms with Gasteiger partial charge in [-0.25, -0.2) is 0 Å². The predicted octanol–water partition coefficient (Wildman–Crippen LogP) is 6.30. The van der Waals surface area contributed by atoms with Crippen LogP contribution in [0.4, 0.5) is 5.00 Å². The number of hydrogen-bond donors (Lipinski definition) is 1. The van der Waals surface area contributed by atoms with Gasteiger partial charge in [-0.15, -0.1) is 11.3 Å². The van der Waals surface area contributed by atoms with Gasteiger partial charge in [-0.3, -0.25) is 4.79 Å². The van der Waals surface area contributed by atoms with Crippen molar-refractivity contribution >= 4 is 56.5 Å². The Bertz CT molecular complexity index is 1140. The second kappa shape index (κ2) is 10.4. The van der Waals surface area contributed by atoms with Crippen LogP contribution in [-0.2, 0) is 17.6 Å². The van der Waals surface area contributed by atoms with E-state index >= 15 is 0 Å². The molecular weight excluding hydrogens is 496 g/mol. The third kappa shape index (κ3) is 5.35. The Morgan fingerprint density at radius 3 is 2.90 bits per heavy atom. The zero-order chi connectivity index (χ0) is 22.5. The summed E-state index contributed by atoms with van der Waals surface area (Å²) in [7, 11) is 1.57. The summed E-state index contributed by atoms with van der Waals surface area (Å²) in [5.41, 5.74) is 3.39. The van der Waals surface area contributed by atoms with Gasteiger partial charge in [-0.1, -0.05) is 19.1 Å². The van der Waals surface area contributed by atoms with Crippen molar-refractivity contribution in [2.45, 2.75) is 33.1 Å². The molecule has 1 amide bonds. The fourth-order valence-electron chi connectivity index (χ4n) is 3.59. The Morgan fingerprint density at radius 1 is 1.45 bits per heavy atom.